The summed E-state index contributed by atoms with van der Waals surface area (Å²) in [4.78, 5) is 1.99. The van der Waals surface area contributed by atoms with Gasteiger partial charge < -0.3 is 20.1 Å². The van der Waals surface area contributed by atoms with Crippen molar-refractivity contribution in [2.45, 2.75) is 38.4 Å². The fourth-order valence-corrected chi connectivity index (χ4v) is 3.08. The lowest BCUT2D eigenvalue weighted by molar-refractivity contribution is 0.0457. The molecule has 0 amide bonds. The van der Waals surface area contributed by atoms with Crippen LogP contribution in [0.25, 0.3) is 0 Å². The van der Waals surface area contributed by atoms with Crippen molar-refractivity contribution in [1.29, 1.82) is 0 Å². The van der Waals surface area contributed by atoms with Crippen molar-refractivity contribution in [3.8, 4) is 0 Å². The quantitative estimate of drug-likeness (QED) is 0.867. The van der Waals surface area contributed by atoms with Gasteiger partial charge in [0.15, 0.2) is 5.82 Å². The van der Waals surface area contributed by atoms with Crippen LogP contribution in [0.3, 0.4) is 0 Å². The molecule has 0 spiro atoms. The van der Waals surface area contributed by atoms with E-state index in [2.05, 4.69) is 0 Å². The summed E-state index contributed by atoms with van der Waals surface area (Å²) >= 11 is 0. The van der Waals surface area contributed by atoms with Gasteiger partial charge in [0.1, 0.15) is 0 Å². The number of benzene rings is 1. The van der Waals surface area contributed by atoms with E-state index in [1.54, 1.807) is 6.07 Å². The van der Waals surface area contributed by atoms with Crippen molar-refractivity contribution in [1.82, 2.24) is 0 Å². The van der Waals surface area contributed by atoms with Gasteiger partial charge in [0.05, 0.1) is 37.3 Å². The molecule has 0 atom stereocenters. The summed E-state index contributed by atoms with van der Waals surface area (Å²) in [6.45, 7) is 3.16. The number of hydrogen-bond donors (Lipinski definition) is 1. The second-order valence-electron chi connectivity index (χ2n) is 5.84. The van der Waals surface area contributed by atoms with Crippen molar-refractivity contribution in [3.05, 3.63) is 23.5 Å². The van der Waals surface area contributed by atoms with Crippen LogP contribution >= 0.6 is 0 Å². The predicted octanol–water partition coefficient (Wildman–Crippen LogP) is 2.70. The lowest BCUT2D eigenvalue weighted by Crippen LogP contribution is -2.37. The number of halogens is 1. The smallest absolute Gasteiger partial charge is 0.169 e. The molecule has 2 fully saturated rings. The Morgan fingerprint density at radius 3 is 2.67 bits per heavy atom. The van der Waals surface area contributed by atoms with Gasteiger partial charge >= 0.3 is 0 Å². The molecule has 3 rings (SSSR count). The van der Waals surface area contributed by atoms with Gasteiger partial charge in [-0.3, -0.25) is 0 Å². The Kier molecular flexibility index (Phi) is 4.60. The van der Waals surface area contributed by atoms with Gasteiger partial charge in [-0.2, -0.15) is 0 Å². The van der Waals surface area contributed by atoms with Gasteiger partial charge in [-0.05, 0) is 30.5 Å². The van der Waals surface area contributed by atoms with Crippen LogP contribution in [0, 0.1) is 5.82 Å². The molecule has 1 saturated carbocycles. The number of rotatable bonds is 4. The van der Waals surface area contributed by atoms with Crippen molar-refractivity contribution in [2.24, 2.45) is 0 Å². The minimum absolute atomic E-state index is 0.198. The lowest BCUT2D eigenvalue weighted by Gasteiger charge is -2.30. The van der Waals surface area contributed by atoms with Crippen LogP contribution in [0.2, 0.25) is 0 Å². The summed E-state index contributed by atoms with van der Waals surface area (Å²) in [6, 6.07) is 3.56. The van der Waals surface area contributed by atoms with Crippen molar-refractivity contribution in [3.63, 3.8) is 0 Å². The lowest BCUT2D eigenvalue weighted by atomic mass is 10.1. The zero-order valence-electron chi connectivity index (χ0n) is 12.3. The summed E-state index contributed by atoms with van der Waals surface area (Å²) in [5, 5.41) is 0. The monoisotopic (exact) mass is 294 g/mol. The number of nitrogens with two attached hydrogens (primary N) is 1. The highest BCUT2D eigenvalue weighted by molar-refractivity contribution is 5.60. The normalized spacial score (nSPS) is 20.1. The maximum atomic E-state index is 14.3. The Morgan fingerprint density at radius 1 is 1.24 bits per heavy atom. The summed E-state index contributed by atoms with van der Waals surface area (Å²) in [5.74, 6) is -0.332. The van der Waals surface area contributed by atoms with E-state index in [9.17, 15) is 4.39 Å². The fourth-order valence-electron chi connectivity index (χ4n) is 3.08. The first-order valence-corrected chi connectivity index (χ1v) is 7.76. The molecule has 1 aliphatic heterocycles. The molecule has 4 nitrogen and oxygen atoms in total. The second kappa shape index (κ2) is 6.62. The molecule has 1 aromatic rings. The summed E-state index contributed by atoms with van der Waals surface area (Å²) in [7, 11) is 0. The van der Waals surface area contributed by atoms with E-state index < -0.39 is 0 Å². The molecule has 1 saturated heterocycles. The number of ether oxygens (including phenoxy) is 2. The molecule has 5 heteroatoms. The zero-order chi connectivity index (χ0) is 14.7. The first-order chi connectivity index (χ1) is 10.2. The van der Waals surface area contributed by atoms with E-state index in [1.807, 2.05) is 11.0 Å². The molecule has 0 radical (unpaired) electrons. The summed E-state index contributed by atoms with van der Waals surface area (Å²) in [5.41, 5.74) is 7.54. The first-order valence-electron chi connectivity index (χ1n) is 7.76. The average Bonchev–Trinajstić information content (AvgIpc) is 3.02. The Labute approximate surface area is 125 Å². The van der Waals surface area contributed by atoms with Crippen LogP contribution in [-0.2, 0) is 16.1 Å². The first kappa shape index (κ1) is 14.6. The number of hydrogen-bond acceptors (Lipinski definition) is 4. The number of nitrogen functional groups attached to an aromatic ring is 1. The molecule has 116 valence electrons. The molecule has 1 aromatic carbocycles. The molecule has 1 aliphatic carbocycles. The minimum Gasteiger partial charge on any atom is -0.396 e. The van der Waals surface area contributed by atoms with E-state index in [1.165, 1.54) is 12.8 Å². The third kappa shape index (κ3) is 3.47. The average molecular weight is 294 g/mol. The summed E-state index contributed by atoms with van der Waals surface area (Å²) < 4.78 is 25.5. The second-order valence-corrected chi connectivity index (χ2v) is 5.84. The van der Waals surface area contributed by atoms with E-state index in [0.717, 1.165) is 18.4 Å². The zero-order valence-corrected chi connectivity index (χ0v) is 12.3. The van der Waals surface area contributed by atoms with Crippen molar-refractivity contribution < 1.29 is 13.9 Å². The van der Waals surface area contributed by atoms with Crippen LogP contribution in [0.5, 0.6) is 0 Å². The molecule has 0 unspecified atom stereocenters. The van der Waals surface area contributed by atoms with Crippen LogP contribution in [0.1, 0.15) is 31.2 Å². The Morgan fingerprint density at radius 2 is 1.95 bits per heavy atom. The Hall–Kier alpha value is -1.33. The topological polar surface area (TPSA) is 47.7 Å². The number of morpholine rings is 1. The maximum absolute atomic E-state index is 14.3. The fraction of sp³-hybridized carbons (Fsp3) is 0.625. The largest absolute Gasteiger partial charge is 0.396 e. The molecule has 1 heterocycles. The van der Waals surface area contributed by atoms with Crippen LogP contribution in [-0.4, -0.2) is 32.4 Å². The SMILES string of the molecule is Nc1cc(COC2CCCC2)cc(N2CCOCC2)c1F. The Balaban J connectivity index is 1.72. The molecule has 2 N–H and O–H groups in total. The molecular formula is C16H23FN2O2. The molecule has 2 aliphatic rings. The van der Waals surface area contributed by atoms with Gasteiger partial charge in [0.25, 0.3) is 0 Å². The number of nitrogens with zero attached hydrogens (tertiary/aromatic N) is 1. The van der Waals surface area contributed by atoms with Gasteiger partial charge in [-0.15, -0.1) is 0 Å². The molecular weight excluding hydrogens is 271 g/mol. The maximum Gasteiger partial charge on any atom is 0.169 e. The van der Waals surface area contributed by atoms with Gasteiger partial charge in [-0.25, -0.2) is 4.39 Å². The van der Waals surface area contributed by atoms with Crippen LogP contribution < -0.4 is 10.6 Å². The van der Waals surface area contributed by atoms with Crippen molar-refractivity contribution in [2.75, 3.05) is 36.9 Å². The van der Waals surface area contributed by atoms with Gasteiger partial charge in [-0.1, -0.05) is 12.8 Å². The van der Waals surface area contributed by atoms with E-state index in [0.29, 0.717) is 44.7 Å². The third-order valence-corrected chi connectivity index (χ3v) is 4.28. The van der Waals surface area contributed by atoms with Gasteiger partial charge in [0.2, 0.25) is 0 Å². The summed E-state index contributed by atoms with van der Waals surface area (Å²) in [6.07, 6.45) is 5.10. The Bertz CT molecular complexity index is 483. The van der Waals surface area contributed by atoms with E-state index in [-0.39, 0.29) is 11.5 Å². The standard InChI is InChI=1S/C16H23FN2O2/c17-16-14(18)9-12(11-21-13-3-1-2-4-13)10-15(16)19-5-7-20-8-6-19/h9-10,13H,1-8,11,18H2. The van der Waals surface area contributed by atoms with Crippen molar-refractivity contribution >= 4 is 11.4 Å². The molecule has 0 bridgehead atoms. The highest BCUT2D eigenvalue weighted by atomic mass is 19.1. The molecule has 21 heavy (non-hydrogen) atoms. The van der Waals surface area contributed by atoms with Crippen LogP contribution in [0.15, 0.2) is 12.1 Å². The predicted molar refractivity (Wildman–Crippen MR) is 80.9 cm³/mol. The van der Waals surface area contributed by atoms with Crippen LogP contribution in [0.4, 0.5) is 15.8 Å². The highest BCUT2D eigenvalue weighted by Gasteiger charge is 2.19. The minimum atomic E-state index is -0.332. The van der Waals surface area contributed by atoms with Gasteiger partial charge in [0, 0.05) is 13.1 Å². The molecule has 0 aromatic heterocycles. The number of anilines is 2. The van der Waals surface area contributed by atoms with E-state index in [4.69, 9.17) is 15.2 Å². The highest BCUT2D eigenvalue weighted by Crippen LogP contribution is 2.28. The third-order valence-electron chi connectivity index (χ3n) is 4.28. The van der Waals surface area contributed by atoms with E-state index >= 15 is 0 Å².